The van der Waals surface area contributed by atoms with Crippen LogP contribution in [0.25, 0.3) is 11.1 Å². The Labute approximate surface area is 224 Å². The van der Waals surface area contributed by atoms with Crippen LogP contribution in [0.2, 0.25) is 5.02 Å². The number of nitrogens with zero attached hydrogens (tertiary/aromatic N) is 2. The number of pyridine rings is 1. The molecule has 0 saturated carbocycles. The van der Waals surface area contributed by atoms with Crippen molar-refractivity contribution in [1.29, 1.82) is 0 Å². The van der Waals surface area contributed by atoms with E-state index in [1.165, 1.54) is 18.9 Å². The molecule has 2 N–H and O–H groups in total. The van der Waals surface area contributed by atoms with E-state index in [1.807, 2.05) is 48.5 Å². The van der Waals surface area contributed by atoms with E-state index in [2.05, 4.69) is 4.98 Å². The smallest absolute Gasteiger partial charge is 0.243 e. The number of rotatable bonds is 8. The van der Waals surface area contributed by atoms with E-state index in [-0.39, 0.29) is 17.7 Å². The van der Waals surface area contributed by atoms with Crippen LogP contribution in [0.1, 0.15) is 23.3 Å². The number of aliphatic hydroxyl groups is 1. The fourth-order valence-corrected chi connectivity index (χ4v) is 5.95. The van der Waals surface area contributed by atoms with Gasteiger partial charge in [0.2, 0.25) is 5.91 Å². The van der Waals surface area contributed by atoms with Crippen molar-refractivity contribution in [3.8, 4) is 22.6 Å². The number of phenolic OH excluding ortho intramolecular Hbond substituents is 1. The highest BCUT2D eigenvalue weighted by atomic mass is 35.5. The molecule has 0 unspecified atom stereocenters. The lowest BCUT2D eigenvalue weighted by Crippen LogP contribution is -2.57. The van der Waals surface area contributed by atoms with Crippen LogP contribution in [-0.2, 0) is 4.79 Å². The van der Waals surface area contributed by atoms with E-state index in [4.69, 9.17) is 16.3 Å². The molecule has 188 valence electrons. The summed E-state index contributed by atoms with van der Waals surface area (Å²) in [5, 5.41) is 20.8. The van der Waals surface area contributed by atoms with Gasteiger partial charge in [0, 0.05) is 34.4 Å². The Kier molecular flexibility index (Phi) is 7.37. The van der Waals surface area contributed by atoms with Crippen molar-refractivity contribution >= 4 is 35.0 Å². The van der Waals surface area contributed by atoms with E-state index in [0.29, 0.717) is 22.1 Å². The highest BCUT2D eigenvalue weighted by Gasteiger charge is 2.49. The number of aromatic hydroxyl groups is 1. The Morgan fingerprint density at radius 2 is 1.81 bits per heavy atom. The molecule has 4 aromatic rings. The molecule has 0 aliphatic carbocycles. The van der Waals surface area contributed by atoms with Crippen molar-refractivity contribution in [2.24, 2.45) is 0 Å². The minimum Gasteiger partial charge on any atom is -0.508 e. The average molecular weight is 533 g/mol. The fraction of sp³-hybridized carbons (Fsp3) is 0.172. The fourth-order valence-electron chi connectivity index (χ4n) is 4.50. The van der Waals surface area contributed by atoms with Gasteiger partial charge in [0.05, 0.1) is 19.3 Å². The number of hydrogen-bond donors (Lipinski definition) is 2. The van der Waals surface area contributed by atoms with Gasteiger partial charge in [-0.3, -0.25) is 9.78 Å². The van der Waals surface area contributed by atoms with Gasteiger partial charge >= 0.3 is 0 Å². The number of amides is 1. The van der Waals surface area contributed by atoms with Crippen molar-refractivity contribution in [3.63, 3.8) is 0 Å². The zero-order valence-corrected chi connectivity index (χ0v) is 21.6. The van der Waals surface area contributed by atoms with Crippen LogP contribution in [0.15, 0.2) is 91.3 Å². The molecule has 2 heterocycles. The molecule has 3 atom stereocenters. The second-order valence-corrected chi connectivity index (χ2v) is 10.3. The number of aliphatic hydroxyl groups excluding tert-OH is 1. The maximum atomic E-state index is 13.4. The number of β-lactam (4-membered cyclic amide) rings is 1. The van der Waals surface area contributed by atoms with Crippen LogP contribution < -0.4 is 9.64 Å². The molecule has 0 spiro atoms. The van der Waals surface area contributed by atoms with Gasteiger partial charge in [-0.1, -0.05) is 48.0 Å². The second-order valence-electron chi connectivity index (χ2n) is 8.69. The first-order valence-corrected chi connectivity index (χ1v) is 13.1. The number of anilines is 1. The monoisotopic (exact) mass is 532 g/mol. The highest BCUT2D eigenvalue weighted by molar-refractivity contribution is 8.00. The molecule has 3 aromatic carbocycles. The third-order valence-corrected chi connectivity index (χ3v) is 7.97. The maximum absolute atomic E-state index is 13.4. The van der Waals surface area contributed by atoms with Gasteiger partial charge in [-0.15, -0.1) is 11.8 Å². The van der Waals surface area contributed by atoms with Crippen molar-refractivity contribution < 1.29 is 19.7 Å². The van der Waals surface area contributed by atoms with E-state index < -0.39 is 11.4 Å². The van der Waals surface area contributed by atoms with Gasteiger partial charge < -0.3 is 19.8 Å². The third kappa shape index (κ3) is 5.16. The number of halogens is 1. The normalized spacial score (nSPS) is 17.8. The molecule has 1 fully saturated rings. The Morgan fingerprint density at radius 3 is 2.49 bits per heavy atom. The number of methoxy groups -OCH3 is 1. The number of phenols is 1. The summed E-state index contributed by atoms with van der Waals surface area (Å²) >= 11 is 7.46. The Morgan fingerprint density at radius 1 is 1.05 bits per heavy atom. The van der Waals surface area contributed by atoms with Crippen LogP contribution in [-0.4, -0.2) is 39.2 Å². The summed E-state index contributed by atoms with van der Waals surface area (Å²) in [6.45, 7) is 0. The highest BCUT2D eigenvalue weighted by Crippen LogP contribution is 2.46. The van der Waals surface area contributed by atoms with E-state index in [9.17, 15) is 15.0 Å². The Balaban J connectivity index is 1.38. The first kappa shape index (κ1) is 25.1. The number of carbonyl (C=O) groups excluding carboxylic acids is 1. The predicted molar refractivity (Wildman–Crippen MR) is 147 cm³/mol. The van der Waals surface area contributed by atoms with Crippen molar-refractivity contribution in [2.45, 2.75) is 17.4 Å². The SMILES string of the molecule is COc1cc(Cl)ccc1[C@H](O)CS[C@H]1C(=O)N(c2ccc(-c3cccnc3)cc2)[C@@H]1c1ccc(O)cc1. The first-order valence-electron chi connectivity index (χ1n) is 11.7. The summed E-state index contributed by atoms with van der Waals surface area (Å²) in [6, 6.07) is 23.5. The molecule has 8 heteroatoms. The standard InChI is InChI=1S/C29H25ClN2O4S/c1-36-26-15-21(30)8-13-24(26)25(34)17-37-28-27(19-6-11-23(33)12-7-19)32(29(28)35)22-9-4-18(5-10-22)20-3-2-14-31-16-20/h2-16,25,27-28,33-34H,17H2,1H3/t25-,27-,28-/m1/s1. The third-order valence-electron chi connectivity index (χ3n) is 6.41. The lowest BCUT2D eigenvalue weighted by atomic mass is 9.92. The minimum atomic E-state index is -0.835. The zero-order chi connectivity index (χ0) is 25.9. The van der Waals surface area contributed by atoms with Gasteiger partial charge in [-0.05, 0) is 59.2 Å². The minimum absolute atomic E-state index is 0.0347. The number of ether oxygens (including phenoxy) is 1. The summed E-state index contributed by atoms with van der Waals surface area (Å²) < 4.78 is 5.38. The predicted octanol–water partition coefficient (Wildman–Crippen LogP) is 6.04. The van der Waals surface area contributed by atoms with Gasteiger partial charge in [0.15, 0.2) is 0 Å². The quantitative estimate of drug-likeness (QED) is 0.269. The van der Waals surface area contributed by atoms with Gasteiger partial charge in [0.1, 0.15) is 16.7 Å². The molecule has 1 saturated heterocycles. The lowest BCUT2D eigenvalue weighted by molar-refractivity contribution is -0.123. The summed E-state index contributed by atoms with van der Waals surface area (Å²) in [5.41, 5.74) is 4.32. The van der Waals surface area contributed by atoms with E-state index in [0.717, 1.165) is 22.4 Å². The number of hydrogen-bond acceptors (Lipinski definition) is 6. The number of benzene rings is 3. The number of carbonyl (C=O) groups is 1. The van der Waals surface area contributed by atoms with E-state index in [1.54, 1.807) is 47.6 Å². The topological polar surface area (TPSA) is 82.9 Å². The summed E-state index contributed by atoms with van der Waals surface area (Å²) in [6.07, 6.45) is 2.70. The molecule has 0 bridgehead atoms. The van der Waals surface area contributed by atoms with E-state index >= 15 is 0 Å². The van der Waals surface area contributed by atoms with Crippen LogP contribution in [0.4, 0.5) is 5.69 Å². The van der Waals surface area contributed by atoms with Crippen molar-refractivity contribution in [2.75, 3.05) is 17.8 Å². The van der Waals surface area contributed by atoms with Gasteiger partial charge in [0.25, 0.3) is 0 Å². The molecule has 37 heavy (non-hydrogen) atoms. The molecular formula is C29H25ClN2O4S. The number of aromatic nitrogens is 1. The van der Waals surface area contributed by atoms with Gasteiger partial charge in [-0.25, -0.2) is 0 Å². The summed E-state index contributed by atoms with van der Waals surface area (Å²) in [5.74, 6) is 0.936. The van der Waals surface area contributed by atoms with Crippen LogP contribution >= 0.6 is 23.4 Å². The average Bonchev–Trinajstić information content (AvgIpc) is 2.93. The molecule has 1 aromatic heterocycles. The molecule has 6 nitrogen and oxygen atoms in total. The largest absolute Gasteiger partial charge is 0.508 e. The Bertz CT molecular complexity index is 1380. The van der Waals surface area contributed by atoms with Crippen LogP contribution in [0, 0.1) is 0 Å². The lowest BCUT2D eigenvalue weighted by Gasteiger charge is -2.47. The Hall–Kier alpha value is -3.52. The van der Waals surface area contributed by atoms with Crippen molar-refractivity contribution in [1.82, 2.24) is 4.98 Å². The van der Waals surface area contributed by atoms with Gasteiger partial charge in [-0.2, -0.15) is 0 Å². The summed E-state index contributed by atoms with van der Waals surface area (Å²) in [4.78, 5) is 19.4. The summed E-state index contributed by atoms with van der Waals surface area (Å²) in [7, 11) is 1.53. The van der Waals surface area contributed by atoms with Crippen molar-refractivity contribution in [3.05, 3.63) is 107 Å². The first-order chi connectivity index (χ1) is 18.0. The molecule has 1 aliphatic rings. The molecular weight excluding hydrogens is 508 g/mol. The van der Waals surface area contributed by atoms with Crippen LogP contribution in [0.5, 0.6) is 11.5 Å². The number of thioether (sulfide) groups is 1. The molecule has 0 radical (unpaired) electrons. The zero-order valence-electron chi connectivity index (χ0n) is 20.0. The second kappa shape index (κ2) is 10.8. The van der Waals surface area contributed by atoms with Crippen LogP contribution in [0.3, 0.4) is 0 Å². The molecule has 1 amide bonds. The molecule has 1 aliphatic heterocycles. The molecule has 5 rings (SSSR count). The maximum Gasteiger partial charge on any atom is 0.243 e.